The number of pyridine rings is 1. The molecule has 1 heterocycles. The van der Waals surface area contributed by atoms with Crippen molar-refractivity contribution in [2.24, 2.45) is 5.73 Å². The Morgan fingerprint density at radius 2 is 1.83 bits per heavy atom. The number of nitrogens with two attached hydrogens (primary N) is 1. The smallest absolute Gasteiger partial charge is 0.346 e. The van der Waals surface area contributed by atoms with E-state index in [4.69, 9.17) is 15.2 Å². The number of carbonyl (C=O) groups is 2. The number of nitrogens with zero attached hydrogens (tertiary/aromatic N) is 1. The molecule has 0 amide bonds. The van der Waals surface area contributed by atoms with Crippen LogP contribution in [0.15, 0.2) is 72.9 Å². The van der Waals surface area contributed by atoms with Crippen LogP contribution in [0, 0.1) is 0 Å². The first kappa shape index (κ1) is 21.5. The van der Waals surface area contributed by atoms with Crippen LogP contribution < -0.4 is 10.5 Å². The van der Waals surface area contributed by atoms with E-state index >= 15 is 0 Å². The molecule has 1 aromatic heterocycles. The number of benzene rings is 2. The fraction of sp³-hybridized carbons (Fsp3) is 0.174. The third kappa shape index (κ3) is 5.68. The lowest BCUT2D eigenvalue weighted by Gasteiger charge is -2.13. The third-order valence-corrected chi connectivity index (χ3v) is 4.93. The summed E-state index contributed by atoms with van der Waals surface area (Å²) >= 11 is 1.57. The van der Waals surface area contributed by atoms with Gasteiger partial charge in [0.15, 0.2) is 0 Å². The van der Waals surface area contributed by atoms with Crippen molar-refractivity contribution in [3.63, 3.8) is 0 Å². The number of rotatable bonds is 8. The summed E-state index contributed by atoms with van der Waals surface area (Å²) < 4.78 is 10.8. The van der Waals surface area contributed by atoms with Gasteiger partial charge in [0.1, 0.15) is 11.8 Å². The highest BCUT2D eigenvalue weighted by Gasteiger charge is 2.22. The van der Waals surface area contributed by atoms with Gasteiger partial charge in [-0.2, -0.15) is 11.8 Å². The van der Waals surface area contributed by atoms with Crippen molar-refractivity contribution >= 4 is 23.7 Å². The van der Waals surface area contributed by atoms with Gasteiger partial charge in [0.2, 0.25) is 5.88 Å². The van der Waals surface area contributed by atoms with Gasteiger partial charge in [-0.25, -0.2) is 14.6 Å². The van der Waals surface area contributed by atoms with Crippen LogP contribution in [0.5, 0.6) is 11.6 Å². The second-order valence-electron chi connectivity index (χ2n) is 6.44. The largest absolute Gasteiger partial charge is 0.439 e. The summed E-state index contributed by atoms with van der Waals surface area (Å²) in [6.45, 7) is 0. The van der Waals surface area contributed by atoms with E-state index in [0.717, 1.165) is 5.56 Å². The Morgan fingerprint density at radius 1 is 1.07 bits per heavy atom. The van der Waals surface area contributed by atoms with Crippen molar-refractivity contribution in [2.75, 3.05) is 12.0 Å². The maximum absolute atomic E-state index is 12.7. The molecule has 0 saturated heterocycles. The summed E-state index contributed by atoms with van der Waals surface area (Å²) in [7, 11) is 0. The monoisotopic (exact) mass is 422 g/mol. The van der Waals surface area contributed by atoms with Crippen LogP contribution in [0.25, 0.3) is 11.1 Å². The summed E-state index contributed by atoms with van der Waals surface area (Å²) in [5.74, 6) is 0.165. The zero-order valence-electron chi connectivity index (χ0n) is 16.5. The minimum absolute atomic E-state index is 0.250. The highest BCUT2D eigenvalue weighted by atomic mass is 32.2. The lowest BCUT2D eigenvalue weighted by Crippen LogP contribution is -2.34. The average molecular weight is 423 g/mol. The normalized spacial score (nSPS) is 11.5. The van der Waals surface area contributed by atoms with Gasteiger partial charge >= 0.3 is 11.9 Å². The number of aromatic nitrogens is 1. The van der Waals surface area contributed by atoms with Gasteiger partial charge in [0, 0.05) is 12.3 Å². The summed E-state index contributed by atoms with van der Waals surface area (Å²) in [5, 5.41) is 0. The molecule has 6 nitrogen and oxygen atoms in total. The van der Waals surface area contributed by atoms with Gasteiger partial charge in [-0.15, -0.1) is 0 Å². The Morgan fingerprint density at radius 3 is 2.53 bits per heavy atom. The number of hydrogen-bond donors (Lipinski definition) is 1. The fourth-order valence-electron chi connectivity index (χ4n) is 2.73. The summed E-state index contributed by atoms with van der Waals surface area (Å²) in [6.07, 6.45) is 3.99. The molecule has 0 aliphatic heterocycles. The van der Waals surface area contributed by atoms with E-state index in [2.05, 4.69) is 4.98 Å². The van der Waals surface area contributed by atoms with Gasteiger partial charge < -0.3 is 15.2 Å². The molecule has 30 heavy (non-hydrogen) atoms. The van der Waals surface area contributed by atoms with E-state index in [-0.39, 0.29) is 5.56 Å². The van der Waals surface area contributed by atoms with E-state index in [1.807, 2.05) is 42.7 Å². The zero-order valence-corrected chi connectivity index (χ0v) is 17.3. The Kier molecular flexibility index (Phi) is 7.59. The highest BCUT2D eigenvalue weighted by molar-refractivity contribution is 7.98. The van der Waals surface area contributed by atoms with E-state index in [0.29, 0.717) is 29.4 Å². The maximum atomic E-state index is 12.7. The predicted molar refractivity (Wildman–Crippen MR) is 118 cm³/mol. The van der Waals surface area contributed by atoms with Crippen LogP contribution >= 0.6 is 11.8 Å². The quantitative estimate of drug-likeness (QED) is 0.427. The number of hydrogen-bond acceptors (Lipinski definition) is 7. The minimum Gasteiger partial charge on any atom is -0.439 e. The van der Waals surface area contributed by atoms with Crippen molar-refractivity contribution < 1.29 is 19.1 Å². The molecule has 0 spiro atoms. The highest BCUT2D eigenvalue weighted by Crippen LogP contribution is 2.30. The van der Waals surface area contributed by atoms with Crippen molar-refractivity contribution in [3.05, 3.63) is 78.5 Å². The molecule has 0 fully saturated rings. The molecule has 0 bridgehead atoms. The summed E-state index contributed by atoms with van der Waals surface area (Å²) in [5.41, 5.74) is 7.44. The molecule has 2 aromatic carbocycles. The molecule has 0 saturated carbocycles. The second kappa shape index (κ2) is 10.6. The molecule has 1 atom stereocenters. The Hall–Kier alpha value is -3.16. The fourth-order valence-corrected chi connectivity index (χ4v) is 3.22. The number of esters is 2. The van der Waals surface area contributed by atoms with E-state index < -0.39 is 18.0 Å². The zero-order chi connectivity index (χ0) is 21.3. The average Bonchev–Trinajstić information content (AvgIpc) is 2.78. The molecule has 2 N–H and O–H groups in total. The molecule has 154 valence electrons. The molecule has 0 unspecified atom stereocenters. The Labute approximate surface area is 179 Å². The lowest BCUT2D eigenvalue weighted by atomic mass is 9.99. The molecule has 3 rings (SSSR count). The molecule has 0 aliphatic rings. The SMILES string of the molecule is CSCC[C@H](N)C(=O)OC(=O)c1ccc(Oc2ccccn2)cc1-c1ccccc1. The predicted octanol–water partition coefficient (Wildman–Crippen LogP) is 4.30. The van der Waals surface area contributed by atoms with Crippen LogP contribution in [0.4, 0.5) is 0 Å². The van der Waals surface area contributed by atoms with Crippen LogP contribution in [0.1, 0.15) is 16.8 Å². The second-order valence-corrected chi connectivity index (χ2v) is 7.43. The first-order valence-corrected chi connectivity index (χ1v) is 10.8. The molecule has 0 radical (unpaired) electrons. The van der Waals surface area contributed by atoms with Crippen LogP contribution in [-0.4, -0.2) is 35.0 Å². The van der Waals surface area contributed by atoms with Crippen LogP contribution in [-0.2, 0) is 9.53 Å². The number of ether oxygens (including phenoxy) is 2. The topological polar surface area (TPSA) is 91.5 Å². The van der Waals surface area contributed by atoms with Gasteiger partial charge in [0.25, 0.3) is 0 Å². The van der Waals surface area contributed by atoms with Crippen LogP contribution in [0.3, 0.4) is 0 Å². The van der Waals surface area contributed by atoms with Gasteiger partial charge in [-0.3, -0.25) is 0 Å². The Bertz CT molecular complexity index is 997. The molecule has 7 heteroatoms. The summed E-state index contributed by atoms with van der Waals surface area (Å²) in [6, 6.07) is 18.8. The van der Waals surface area contributed by atoms with Crippen LogP contribution in [0.2, 0.25) is 0 Å². The van der Waals surface area contributed by atoms with Crippen molar-refractivity contribution in [3.8, 4) is 22.8 Å². The number of thioether (sulfide) groups is 1. The minimum atomic E-state index is -0.840. The maximum Gasteiger partial charge on any atom is 0.346 e. The first-order chi connectivity index (χ1) is 14.6. The Balaban J connectivity index is 1.87. The molecule has 0 aliphatic carbocycles. The standard InChI is InChI=1S/C23H22N2O4S/c1-30-14-12-20(24)23(27)29-22(26)18-11-10-17(28-21-9-5-6-13-25-21)15-19(18)16-7-3-2-4-8-16/h2-11,13,15,20H,12,14,24H2,1H3/t20-/m0/s1. The van der Waals surface area contributed by atoms with E-state index in [1.165, 1.54) is 0 Å². The third-order valence-electron chi connectivity index (χ3n) is 4.28. The summed E-state index contributed by atoms with van der Waals surface area (Å²) in [4.78, 5) is 29.1. The van der Waals surface area contributed by atoms with E-state index in [9.17, 15) is 9.59 Å². The van der Waals surface area contributed by atoms with Crippen molar-refractivity contribution in [1.29, 1.82) is 0 Å². The molecule has 3 aromatic rings. The van der Waals surface area contributed by atoms with Crippen molar-refractivity contribution in [2.45, 2.75) is 12.5 Å². The first-order valence-electron chi connectivity index (χ1n) is 9.37. The van der Waals surface area contributed by atoms with E-state index in [1.54, 1.807) is 48.3 Å². The molecular formula is C23H22N2O4S. The van der Waals surface area contributed by atoms with Gasteiger partial charge in [-0.1, -0.05) is 36.4 Å². The lowest BCUT2D eigenvalue weighted by molar-refractivity contribution is -0.139. The van der Waals surface area contributed by atoms with Gasteiger partial charge in [0.05, 0.1) is 5.56 Å². The number of carbonyl (C=O) groups excluding carboxylic acids is 2. The molecular weight excluding hydrogens is 400 g/mol. The van der Waals surface area contributed by atoms with Gasteiger partial charge in [-0.05, 0) is 53.8 Å². The van der Waals surface area contributed by atoms with Crippen molar-refractivity contribution in [1.82, 2.24) is 4.98 Å².